The number of amides is 2. The lowest BCUT2D eigenvalue weighted by Gasteiger charge is -2.16. The van der Waals surface area contributed by atoms with Crippen LogP contribution in [0.5, 0.6) is 0 Å². The minimum absolute atomic E-state index is 0.0252. The Hall–Kier alpha value is -3.16. The van der Waals surface area contributed by atoms with E-state index >= 15 is 0 Å². The maximum Gasteiger partial charge on any atom is 0.351 e. The van der Waals surface area contributed by atoms with Crippen molar-refractivity contribution in [1.29, 1.82) is 0 Å². The Morgan fingerprint density at radius 3 is 2.32 bits per heavy atom. The molecule has 0 bridgehead atoms. The standard InChI is InChI=1S/C22H26N4O8/c23-16-8-9-25(22(31)24-16)21-18(28)17(27)15(34-21)12-32-10-4-1-5-11-33-26-19(29)13-6-2-3-7-14(13)20(26)30/h2-3,6-9,15,17-18,21,27-28H,1,4-5,10-12H2,(H2,23,24,31)/t15-,17-,18-,21-/m1/s1. The molecule has 2 aliphatic rings. The van der Waals surface area contributed by atoms with Crippen LogP contribution in [0, 0.1) is 0 Å². The van der Waals surface area contributed by atoms with Crippen molar-refractivity contribution in [3.8, 4) is 0 Å². The van der Waals surface area contributed by atoms with Crippen LogP contribution < -0.4 is 11.4 Å². The number of ether oxygens (including phenoxy) is 2. The van der Waals surface area contributed by atoms with Gasteiger partial charge in [0.25, 0.3) is 11.8 Å². The maximum absolute atomic E-state index is 12.2. The fourth-order valence-electron chi connectivity index (χ4n) is 3.84. The molecule has 2 aromatic rings. The van der Waals surface area contributed by atoms with Gasteiger partial charge in [0.15, 0.2) is 6.23 Å². The molecule has 182 valence electrons. The largest absolute Gasteiger partial charge is 0.387 e. The van der Waals surface area contributed by atoms with Gasteiger partial charge in [0, 0.05) is 12.8 Å². The smallest absolute Gasteiger partial charge is 0.351 e. The predicted molar refractivity (Wildman–Crippen MR) is 116 cm³/mol. The fraction of sp³-hybridized carbons (Fsp3) is 0.455. The molecule has 3 heterocycles. The number of nitrogens with zero attached hydrogens (tertiary/aromatic N) is 3. The van der Waals surface area contributed by atoms with Crippen LogP contribution in [0.25, 0.3) is 0 Å². The van der Waals surface area contributed by atoms with Crippen LogP contribution >= 0.6 is 0 Å². The highest BCUT2D eigenvalue weighted by Gasteiger charge is 2.44. The normalized spacial score (nSPS) is 24.1. The number of nitrogens with two attached hydrogens (primary N) is 1. The van der Waals surface area contributed by atoms with Crippen LogP contribution in [0.4, 0.5) is 5.82 Å². The molecule has 1 saturated heterocycles. The number of nitrogen functional groups attached to an aromatic ring is 1. The molecule has 0 unspecified atom stereocenters. The summed E-state index contributed by atoms with van der Waals surface area (Å²) in [6.45, 7) is 0.593. The number of aromatic nitrogens is 2. The number of anilines is 1. The molecule has 2 amide bonds. The van der Waals surface area contributed by atoms with Gasteiger partial charge in [-0.05, 0) is 37.5 Å². The first kappa shape index (κ1) is 24.0. The zero-order valence-electron chi connectivity index (χ0n) is 18.3. The number of benzene rings is 1. The minimum atomic E-state index is -1.32. The summed E-state index contributed by atoms with van der Waals surface area (Å²) in [4.78, 5) is 45.4. The van der Waals surface area contributed by atoms with Crippen LogP contribution in [0.1, 0.15) is 46.2 Å². The number of carbonyl (C=O) groups is 2. The predicted octanol–water partition coefficient (Wildman–Crippen LogP) is -0.141. The Kier molecular flexibility index (Phi) is 7.34. The zero-order valence-corrected chi connectivity index (χ0v) is 18.3. The van der Waals surface area contributed by atoms with Gasteiger partial charge in [0.2, 0.25) is 0 Å². The Morgan fingerprint density at radius 1 is 0.971 bits per heavy atom. The second-order valence-electron chi connectivity index (χ2n) is 8.01. The first-order chi connectivity index (χ1) is 16.4. The second kappa shape index (κ2) is 10.4. The lowest BCUT2D eigenvalue weighted by atomic mass is 10.1. The summed E-state index contributed by atoms with van der Waals surface area (Å²) in [5.41, 5.74) is 5.44. The third kappa shape index (κ3) is 4.86. The van der Waals surface area contributed by atoms with E-state index < -0.39 is 42.0 Å². The summed E-state index contributed by atoms with van der Waals surface area (Å²) >= 11 is 0. The fourth-order valence-corrected chi connectivity index (χ4v) is 3.84. The van der Waals surface area contributed by atoms with E-state index in [0.717, 1.165) is 16.1 Å². The first-order valence-corrected chi connectivity index (χ1v) is 10.9. The van der Waals surface area contributed by atoms with E-state index in [1.54, 1.807) is 24.3 Å². The van der Waals surface area contributed by atoms with Gasteiger partial charge in [-0.1, -0.05) is 12.1 Å². The number of aliphatic hydroxyl groups is 2. The number of aliphatic hydroxyl groups excluding tert-OH is 2. The molecule has 1 fully saturated rings. The molecule has 12 heteroatoms. The van der Waals surface area contributed by atoms with Crippen LogP contribution in [0.15, 0.2) is 41.3 Å². The minimum Gasteiger partial charge on any atom is -0.387 e. The molecule has 2 aliphatic heterocycles. The SMILES string of the molecule is Nc1ccn([C@@H]2O[C@H](COCCCCCON3C(=O)c4ccccc4C3=O)[C@@H](O)[C@H]2O)c(=O)n1. The lowest BCUT2D eigenvalue weighted by Crippen LogP contribution is -2.36. The van der Waals surface area contributed by atoms with Crippen LogP contribution in [-0.2, 0) is 14.3 Å². The molecule has 1 aromatic carbocycles. The Bertz CT molecular complexity index is 1070. The number of fused-ring (bicyclic) bond motifs is 1. The first-order valence-electron chi connectivity index (χ1n) is 10.9. The van der Waals surface area contributed by atoms with E-state index in [2.05, 4.69) is 4.98 Å². The number of hydroxylamine groups is 2. The van der Waals surface area contributed by atoms with E-state index in [0.29, 0.717) is 30.6 Å². The van der Waals surface area contributed by atoms with Crippen molar-refractivity contribution in [2.45, 2.75) is 43.8 Å². The number of hydrogen-bond donors (Lipinski definition) is 3. The van der Waals surface area contributed by atoms with Gasteiger partial charge in [0.1, 0.15) is 24.1 Å². The van der Waals surface area contributed by atoms with Gasteiger partial charge < -0.3 is 25.4 Å². The molecule has 0 spiro atoms. The maximum atomic E-state index is 12.2. The van der Waals surface area contributed by atoms with Crippen LogP contribution in [-0.4, -0.2) is 74.8 Å². The summed E-state index contributed by atoms with van der Waals surface area (Å²) in [6.07, 6.45) is -1.13. The molecule has 0 saturated carbocycles. The van der Waals surface area contributed by atoms with Crippen LogP contribution in [0.3, 0.4) is 0 Å². The molecule has 0 aliphatic carbocycles. The summed E-state index contributed by atoms with van der Waals surface area (Å²) < 4.78 is 12.2. The molecule has 1 aromatic heterocycles. The summed E-state index contributed by atoms with van der Waals surface area (Å²) in [7, 11) is 0. The highest BCUT2D eigenvalue weighted by atomic mass is 16.7. The zero-order chi connectivity index (χ0) is 24.2. The number of carbonyl (C=O) groups excluding carboxylic acids is 2. The van der Waals surface area contributed by atoms with Crippen molar-refractivity contribution < 1.29 is 34.1 Å². The monoisotopic (exact) mass is 474 g/mol. The van der Waals surface area contributed by atoms with Crippen LogP contribution in [0.2, 0.25) is 0 Å². The molecule has 4 N–H and O–H groups in total. The average Bonchev–Trinajstić information content (AvgIpc) is 3.24. The summed E-state index contributed by atoms with van der Waals surface area (Å²) in [6, 6.07) is 7.96. The van der Waals surface area contributed by atoms with E-state index in [1.807, 2.05) is 0 Å². The van der Waals surface area contributed by atoms with Crippen molar-refractivity contribution in [2.75, 3.05) is 25.6 Å². The molecule has 12 nitrogen and oxygen atoms in total. The van der Waals surface area contributed by atoms with Gasteiger partial charge in [-0.15, -0.1) is 5.06 Å². The van der Waals surface area contributed by atoms with E-state index in [-0.39, 0.29) is 19.0 Å². The highest BCUT2D eigenvalue weighted by molar-refractivity contribution is 6.20. The van der Waals surface area contributed by atoms with Crippen molar-refractivity contribution in [3.63, 3.8) is 0 Å². The topological polar surface area (TPSA) is 166 Å². The molecule has 4 atom stereocenters. The Balaban J connectivity index is 1.13. The molecule has 34 heavy (non-hydrogen) atoms. The Morgan fingerprint density at radius 2 is 1.65 bits per heavy atom. The molecular formula is C22H26N4O8. The summed E-state index contributed by atoms with van der Waals surface area (Å²) in [5.74, 6) is -0.878. The van der Waals surface area contributed by atoms with E-state index in [1.165, 1.54) is 12.3 Å². The molecular weight excluding hydrogens is 448 g/mol. The van der Waals surface area contributed by atoms with Gasteiger partial charge >= 0.3 is 5.69 Å². The Labute approximate surface area is 194 Å². The van der Waals surface area contributed by atoms with Crippen molar-refractivity contribution in [2.24, 2.45) is 0 Å². The van der Waals surface area contributed by atoms with Gasteiger partial charge in [-0.2, -0.15) is 4.98 Å². The van der Waals surface area contributed by atoms with E-state index in [9.17, 15) is 24.6 Å². The quantitative estimate of drug-likeness (QED) is 0.311. The third-order valence-corrected chi connectivity index (χ3v) is 5.66. The second-order valence-corrected chi connectivity index (χ2v) is 8.01. The average molecular weight is 474 g/mol. The van der Waals surface area contributed by atoms with Gasteiger partial charge in [-0.3, -0.25) is 19.0 Å². The number of rotatable bonds is 10. The van der Waals surface area contributed by atoms with Gasteiger partial charge in [-0.25, -0.2) is 4.79 Å². The molecule has 4 rings (SSSR count). The van der Waals surface area contributed by atoms with E-state index in [4.69, 9.17) is 20.0 Å². The number of hydrogen-bond acceptors (Lipinski definition) is 10. The lowest BCUT2D eigenvalue weighted by molar-refractivity contribution is -0.0928. The highest BCUT2D eigenvalue weighted by Crippen LogP contribution is 2.28. The van der Waals surface area contributed by atoms with Crippen molar-refractivity contribution in [3.05, 3.63) is 58.1 Å². The van der Waals surface area contributed by atoms with Crippen molar-refractivity contribution >= 4 is 17.6 Å². The van der Waals surface area contributed by atoms with Gasteiger partial charge in [0.05, 0.1) is 24.3 Å². The molecule has 0 radical (unpaired) electrons. The number of imide groups is 1. The third-order valence-electron chi connectivity index (χ3n) is 5.66. The number of unbranched alkanes of at least 4 members (excludes halogenated alkanes) is 2. The summed E-state index contributed by atoms with van der Waals surface area (Å²) in [5, 5.41) is 21.3. The van der Waals surface area contributed by atoms with Crippen molar-refractivity contribution in [1.82, 2.24) is 14.6 Å².